The zero-order chi connectivity index (χ0) is 17.6. The molecule has 0 fully saturated rings. The van der Waals surface area contributed by atoms with Crippen LogP contribution in [0, 0.1) is 10.1 Å². The summed E-state index contributed by atoms with van der Waals surface area (Å²) in [5.74, 6) is 0.870. The van der Waals surface area contributed by atoms with E-state index in [1.54, 1.807) is 12.1 Å². The Morgan fingerprint density at radius 1 is 1.04 bits per heavy atom. The van der Waals surface area contributed by atoms with E-state index in [9.17, 15) is 10.1 Å². The Labute approximate surface area is 146 Å². The number of ether oxygens (including phenoxy) is 1. The monoisotopic (exact) mass is 336 g/mol. The fourth-order valence-electron chi connectivity index (χ4n) is 2.74. The molecule has 0 aliphatic carbocycles. The topological polar surface area (TPSA) is 64.4 Å². The quantitative estimate of drug-likeness (QED) is 0.479. The Bertz CT molecular complexity index is 876. The van der Waals surface area contributed by atoms with Gasteiger partial charge in [-0.1, -0.05) is 37.3 Å². The molecule has 0 spiro atoms. The fourth-order valence-corrected chi connectivity index (χ4v) is 2.74. The van der Waals surface area contributed by atoms with E-state index >= 15 is 0 Å². The number of benzene rings is 3. The highest BCUT2D eigenvalue weighted by Crippen LogP contribution is 2.29. The number of non-ortho nitro benzene ring substituents is 1. The molecule has 0 heterocycles. The number of nitro benzene ring substituents is 1. The number of anilines is 1. The van der Waals surface area contributed by atoms with Crippen LogP contribution in [-0.4, -0.2) is 11.5 Å². The molecule has 0 saturated carbocycles. The fraction of sp³-hybridized carbons (Fsp3) is 0.200. The highest BCUT2D eigenvalue weighted by molar-refractivity contribution is 5.88. The maximum absolute atomic E-state index is 10.8. The summed E-state index contributed by atoms with van der Waals surface area (Å²) in [5.41, 5.74) is 2.01. The first kappa shape index (κ1) is 16.8. The Kier molecular flexibility index (Phi) is 5.14. The molecule has 0 aromatic heterocycles. The van der Waals surface area contributed by atoms with Gasteiger partial charge in [0.2, 0.25) is 0 Å². The van der Waals surface area contributed by atoms with Crippen molar-refractivity contribution in [1.82, 2.24) is 0 Å². The van der Waals surface area contributed by atoms with Crippen molar-refractivity contribution in [3.63, 3.8) is 0 Å². The van der Waals surface area contributed by atoms with Gasteiger partial charge in [-0.2, -0.15) is 0 Å². The number of hydrogen-bond donors (Lipinski definition) is 1. The second kappa shape index (κ2) is 7.66. The van der Waals surface area contributed by atoms with Crippen molar-refractivity contribution in [3.05, 3.63) is 76.3 Å². The Morgan fingerprint density at radius 3 is 2.52 bits per heavy atom. The van der Waals surface area contributed by atoms with Crippen molar-refractivity contribution in [2.45, 2.75) is 19.9 Å². The lowest BCUT2D eigenvalue weighted by Gasteiger charge is -2.15. The zero-order valence-electron chi connectivity index (χ0n) is 14.1. The maximum Gasteiger partial charge on any atom is 0.269 e. The molecule has 0 aliphatic rings. The number of rotatable bonds is 7. The molecular formula is C20H20N2O3. The highest BCUT2D eigenvalue weighted by atomic mass is 16.6. The van der Waals surface area contributed by atoms with Crippen LogP contribution in [0.3, 0.4) is 0 Å². The van der Waals surface area contributed by atoms with Gasteiger partial charge in [0.15, 0.2) is 0 Å². The van der Waals surface area contributed by atoms with Crippen LogP contribution in [0.1, 0.15) is 18.9 Å². The van der Waals surface area contributed by atoms with Gasteiger partial charge < -0.3 is 10.1 Å². The molecule has 5 heteroatoms. The molecule has 3 aromatic rings. The van der Waals surface area contributed by atoms with E-state index in [4.69, 9.17) is 4.74 Å². The Morgan fingerprint density at radius 2 is 1.80 bits per heavy atom. The number of nitrogens with one attached hydrogen (secondary N) is 1. The summed E-state index contributed by atoms with van der Waals surface area (Å²) >= 11 is 0. The van der Waals surface area contributed by atoms with Gasteiger partial charge >= 0.3 is 0 Å². The number of nitro groups is 1. The van der Waals surface area contributed by atoms with Crippen molar-refractivity contribution in [3.8, 4) is 5.75 Å². The Balaban J connectivity index is 1.86. The van der Waals surface area contributed by atoms with Crippen molar-refractivity contribution in [2.24, 2.45) is 0 Å². The molecule has 0 saturated heterocycles. The summed E-state index contributed by atoms with van der Waals surface area (Å²) in [4.78, 5) is 10.4. The van der Waals surface area contributed by atoms with Crippen LogP contribution in [0.15, 0.2) is 60.7 Å². The lowest BCUT2D eigenvalue weighted by atomic mass is 10.0. The largest absolute Gasteiger partial charge is 0.493 e. The standard InChI is InChI=1S/C20H20N2O3/c1-2-13-25-20-12-7-15-5-3-4-6-18(15)19(20)14-21-16-8-10-17(11-9-16)22(23)24/h3-12,21H,2,13-14H2,1H3. The minimum atomic E-state index is -0.398. The summed E-state index contributed by atoms with van der Waals surface area (Å²) in [7, 11) is 0. The summed E-state index contributed by atoms with van der Waals surface area (Å²) in [6.07, 6.45) is 0.946. The highest BCUT2D eigenvalue weighted by Gasteiger charge is 2.10. The third-order valence-electron chi connectivity index (χ3n) is 4.01. The third-order valence-corrected chi connectivity index (χ3v) is 4.01. The summed E-state index contributed by atoms with van der Waals surface area (Å²) in [6.45, 7) is 3.33. The first-order valence-corrected chi connectivity index (χ1v) is 8.31. The molecule has 5 nitrogen and oxygen atoms in total. The van der Waals surface area contributed by atoms with Gasteiger partial charge in [0.1, 0.15) is 5.75 Å². The van der Waals surface area contributed by atoms with Gasteiger partial charge in [0.05, 0.1) is 11.5 Å². The molecular weight excluding hydrogens is 316 g/mol. The zero-order valence-corrected chi connectivity index (χ0v) is 14.1. The summed E-state index contributed by atoms with van der Waals surface area (Å²) in [5, 5.41) is 16.4. The third kappa shape index (κ3) is 3.88. The molecule has 3 aromatic carbocycles. The molecule has 128 valence electrons. The number of nitrogens with zero attached hydrogens (tertiary/aromatic N) is 1. The molecule has 0 unspecified atom stereocenters. The predicted octanol–water partition coefficient (Wildman–Crippen LogP) is 5.15. The molecule has 1 N–H and O–H groups in total. The lowest BCUT2D eigenvalue weighted by Crippen LogP contribution is -2.05. The van der Waals surface area contributed by atoms with Gasteiger partial charge in [0.25, 0.3) is 5.69 Å². The van der Waals surface area contributed by atoms with Crippen molar-refractivity contribution in [2.75, 3.05) is 11.9 Å². The van der Waals surface area contributed by atoms with Crippen LogP contribution >= 0.6 is 0 Å². The van der Waals surface area contributed by atoms with E-state index in [0.29, 0.717) is 13.2 Å². The molecule has 0 aliphatic heterocycles. The van der Waals surface area contributed by atoms with Crippen molar-refractivity contribution >= 4 is 22.1 Å². The molecule has 0 radical (unpaired) electrons. The van der Waals surface area contributed by atoms with E-state index in [1.165, 1.54) is 12.1 Å². The van der Waals surface area contributed by atoms with Crippen LogP contribution < -0.4 is 10.1 Å². The second-order valence-corrected chi connectivity index (χ2v) is 5.77. The SMILES string of the molecule is CCCOc1ccc2ccccc2c1CNc1ccc([N+](=O)[O-])cc1. The van der Waals surface area contributed by atoms with Gasteiger partial charge in [-0.15, -0.1) is 0 Å². The van der Waals surface area contributed by atoms with Crippen LogP contribution in [0.25, 0.3) is 10.8 Å². The summed E-state index contributed by atoms with van der Waals surface area (Å²) < 4.78 is 5.90. The Hall–Kier alpha value is -3.08. The molecule has 25 heavy (non-hydrogen) atoms. The van der Waals surface area contributed by atoms with E-state index < -0.39 is 4.92 Å². The maximum atomic E-state index is 10.8. The van der Waals surface area contributed by atoms with Crippen molar-refractivity contribution < 1.29 is 9.66 Å². The first-order chi connectivity index (χ1) is 12.2. The van der Waals surface area contributed by atoms with E-state index in [-0.39, 0.29) is 5.69 Å². The normalized spacial score (nSPS) is 10.6. The predicted molar refractivity (Wildman–Crippen MR) is 100 cm³/mol. The smallest absolute Gasteiger partial charge is 0.269 e. The molecule has 3 rings (SSSR count). The van der Waals surface area contributed by atoms with Gasteiger partial charge in [0, 0.05) is 29.9 Å². The lowest BCUT2D eigenvalue weighted by molar-refractivity contribution is -0.384. The average molecular weight is 336 g/mol. The van der Waals surface area contributed by atoms with Gasteiger partial charge in [-0.25, -0.2) is 0 Å². The van der Waals surface area contributed by atoms with E-state index in [2.05, 4.69) is 30.4 Å². The first-order valence-electron chi connectivity index (χ1n) is 8.31. The van der Waals surface area contributed by atoms with E-state index in [1.807, 2.05) is 18.2 Å². The molecule has 0 bridgehead atoms. The average Bonchev–Trinajstić information content (AvgIpc) is 2.65. The van der Waals surface area contributed by atoms with Crippen LogP contribution in [0.2, 0.25) is 0 Å². The van der Waals surface area contributed by atoms with Gasteiger partial charge in [-0.3, -0.25) is 10.1 Å². The minimum Gasteiger partial charge on any atom is -0.493 e. The van der Waals surface area contributed by atoms with E-state index in [0.717, 1.165) is 34.2 Å². The van der Waals surface area contributed by atoms with Crippen LogP contribution in [0.4, 0.5) is 11.4 Å². The number of hydrogen-bond acceptors (Lipinski definition) is 4. The molecule has 0 atom stereocenters. The second-order valence-electron chi connectivity index (χ2n) is 5.77. The van der Waals surface area contributed by atoms with Gasteiger partial charge in [-0.05, 0) is 35.4 Å². The van der Waals surface area contributed by atoms with Crippen molar-refractivity contribution in [1.29, 1.82) is 0 Å². The number of fused-ring (bicyclic) bond motifs is 1. The molecule has 0 amide bonds. The summed E-state index contributed by atoms with van der Waals surface area (Å²) in [6, 6.07) is 18.7. The van der Waals surface area contributed by atoms with Crippen LogP contribution in [0.5, 0.6) is 5.75 Å². The van der Waals surface area contributed by atoms with Crippen LogP contribution in [-0.2, 0) is 6.54 Å². The minimum absolute atomic E-state index is 0.0858.